The van der Waals surface area contributed by atoms with Crippen molar-refractivity contribution in [2.45, 2.75) is 19.5 Å². The van der Waals surface area contributed by atoms with Crippen LogP contribution in [0.2, 0.25) is 0 Å². The molecule has 0 unspecified atom stereocenters. The highest BCUT2D eigenvalue weighted by molar-refractivity contribution is 5.83. The number of aromatic amines is 1. The highest BCUT2D eigenvalue weighted by atomic mass is 19.4. The lowest BCUT2D eigenvalue weighted by molar-refractivity contribution is -0.136. The fraction of sp³-hybridized carbons (Fsp3) is 0.438. The van der Waals surface area contributed by atoms with E-state index in [0.717, 1.165) is 13.0 Å². The maximum atomic E-state index is 13.0. The Hall–Kier alpha value is -2.02. The highest BCUT2D eigenvalue weighted by Gasteiger charge is 2.33. The first-order valence-corrected chi connectivity index (χ1v) is 7.37. The first-order chi connectivity index (χ1) is 10.8. The number of hydrogen-bond donors (Lipinski definition) is 1. The molecule has 126 valence electrons. The normalized spacial score (nSPS) is 12.1. The second-order valence-corrected chi connectivity index (χ2v) is 5.40. The molecule has 2 aromatic rings. The number of hydrogen-bond acceptors (Lipinski definition) is 3. The molecule has 0 aliphatic carbocycles. The van der Waals surface area contributed by atoms with Crippen LogP contribution in [0.5, 0.6) is 5.75 Å². The van der Waals surface area contributed by atoms with E-state index in [2.05, 4.69) is 16.8 Å². The van der Waals surface area contributed by atoms with Crippen LogP contribution in [0.3, 0.4) is 0 Å². The number of H-pyrrole nitrogens is 1. The Kier molecular flexibility index (Phi) is 5.30. The molecule has 0 saturated carbocycles. The Balaban J connectivity index is 2.21. The Morgan fingerprint density at radius 1 is 1.22 bits per heavy atom. The second kappa shape index (κ2) is 7.04. The maximum Gasteiger partial charge on any atom is 0.417 e. The van der Waals surface area contributed by atoms with E-state index in [1.54, 1.807) is 0 Å². The molecule has 0 aliphatic rings. The van der Waals surface area contributed by atoms with Crippen molar-refractivity contribution in [1.82, 2.24) is 9.88 Å². The second-order valence-electron chi connectivity index (χ2n) is 5.40. The van der Waals surface area contributed by atoms with E-state index in [0.29, 0.717) is 25.0 Å². The average molecular weight is 328 g/mol. The van der Waals surface area contributed by atoms with E-state index in [-0.39, 0.29) is 10.9 Å². The summed E-state index contributed by atoms with van der Waals surface area (Å²) in [5.74, 6) is 0.428. The zero-order chi connectivity index (χ0) is 17.0. The highest BCUT2D eigenvalue weighted by Crippen LogP contribution is 2.34. The molecule has 0 radical (unpaired) electrons. The third-order valence-electron chi connectivity index (χ3n) is 3.47. The van der Waals surface area contributed by atoms with Crippen LogP contribution < -0.4 is 10.3 Å². The molecule has 2 rings (SSSR count). The van der Waals surface area contributed by atoms with Gasteiger partial charge in [0, 0.05) is 24.1 Å². The molecule has 23 heavy (non-hydrogen) atoms. The van der Waals surface area contributed by atoms with E-state index < -0.39 is 17.3 Å². The van der Waals surface area contributed by atoms with Gasteiger partial charge in [-0.25, -0.2) is 0 Å². The van der Waals surface area contributed by atoms with Gasteiger partial charge >= 0.3 is 6.18 Å². The standard InChI is InChI=1S/C16H19F3N2O2/c1-3-6-21(2)7-8-23-11-4-5-12-13(16(17,18)19)10-15(22)20-14(12)9-11/h4-5,9-10H,3,6-8H2,1-2H3,(H,20,22). The summed E-state index contributed by atoms with van der Waals surface area (Å²) in [5.41, 5.74) is -1.61. The average Bonchev–Trinajstić information content (AvgIpc) is 2.45. The third-order valence-corrected chi connectivity index (χ3v) is 3.47. The molecular weight excluding hydrogens is 309 g/mol. The van der Waals surface area contributed by atoms with Crippen molar-refractivity contribution in [2.75, 3.05) is 26.7 Å². The molecule has 1 aromatic heterocycles. The molecule has 0 fully saturated rings. The number of benzene rings is 1. The van der Waals surface area contributed by atoms with Crippen LogP contribution in [0.4, 0.5) is 13.2 Å². The van der Waals surface area contributed by atoms with Crippen LogP contribution >= 0.6 is 0 Å². The molecular formula is C16H19F3N2O2. The number of fused-ring (bicyclic) bond motifs is 1. The molecule has 1 heterocycles. The SMILES string of the molecule is CCCN(C)CCOc1ccc2c(C(F)(F)F)cc(=O)[nH]c2c1. The molecule has 7 heteroatoms. The molecule has 0 bridgehead atoms. The van der Waals surface area contributed by atoms with Crippen LogP contribution in [0.15, 0.2) is 29.1 Å². The Morgan fingerprint density at radius 2 is 1.96 bits per heavy atom. The predicted octanol–water partition coefficient (Wildman–Crippen LogP) is 3.27. The number of halogens is 3. The predicted molar refractivity (Wildman–Crippen MR) is 82.9 cm³/mol. The fourth-order valence-electron chi connectivity index (χ4n) is 2.38. The summed E-state index contributed by atoms with van der Waals surface area (Å²) in [4.78, 5) is 16.0. The minimum absolute atomic E-state index is 0.0486. The number of pyridine rings is 1. The van der Waals surface area contributed by atoms with E-state index in [1.807, 2.05) is 7.05 Å². The number of aromatic nitrogens is 1. The summed E-state index contributed by atoms with van der Waals surface area (Å²) < 4.78 is 44.5. The number of likely N-dealkylation sites (N-methyl/N-ethyl adjacent to an activating group) is 1. The van der Waals surface area contributed by atoms with Gasteiger partial charge in [0.05, 0.1) is 11.1 Å². The smallest absolute Gasteiger partial charge is 0.417 e. The molecule has 0 saturated heterocycles. The van der Waals surface area contributed by atoms with Gasteiger partial charge < -0.3 is 14.6 Å². The fourth-order valence-corrected chi connectivity index (χ4v) is 2.38. The third kappa shape index (κ3) is 4.48. The van der Waals surface area contributed by atoms with Crippen LogP contribution in [-0.2, 0) is 6.18 Å². The molecule has 0 spiro atoms. The maximum absolute atomic E-state index is 13.0. The molecule has 1 aromatic carbocycles. The molecule has 1 N–H and O–H groups in total. The van der Waals surface area contributed by atoms with Crippen LogP contribution in [0.1, 0.15) is 18.9 Å². The summed E-state index contributed by atoms with van der Waals surface area (Å²) in [7, 11) is 1.97. The number of nitrogens with zero attached hydrogens (tertiary/aromatic N) is 1. The van der Waals surface area contributed by atoms with E-state index >= 15 is 0 Å². The number of alkyl halides is 3. The Bertz CT molecular complexity index is 725. The van der Waals surface area contributed by atoms with Crippen molar-refractivity contribution in [3.63, 3.8) is 0 Å². The molecule has 0 amide bonds. The zero-order valence-electron chi connectivity index (χ0n) is 13.0. The van der Waals surface area contributed by atoms with Crippen molar-refractivity contribution in [3.8, 4) is 5.75 Å². The van der Waals surface area contributed by atoms with Crippen molar-refractivity contribution >= 4 is 10.9 Å². The van der Waals surface area contributed by atoms with Gasteiger partial charge in [-0.2, -0.15) is 13.2 Å². The van der Waals surface area contributed by atoms with Gasteiger partial charge in [-0.1, -0.05) is 6.92 Å². The summed E-state index contributed by atoms with van der Waals surface area (Å²) in [6, 6.07) is 4.79. The number of rotatable bonds is 6. The van der Waals surface area contributed by atoms with Crippen molar-refractivity contribution < 1.29 is 17.9 Å². The molecule has 4 nitrogen and oxygen atoms in total. The molecule has 0 aliphatic heterocycles. The van der Waals surface area contributed by atoms with Crippen molar-refractivity contribution in [3.05, 3.63) is 40.2 Å². The Labute approximate surface area is 131 Å². The van der Waals surface area contributed by atoms with Crippen LogP contribution in [-0.4, -0.2) is 36.6 Å². The lowest BCUT2D eigenvalue weighted by Crippen LogP contribution is -2.24. The van der Waals surface area contributed by atoms with Crippen LogP contribution in [0, 0.1) is 0 Å². The first kappa shape index (κ1) is 17.3. The first-order valence-electron chi connectivity index (χ1n) is 7.37. The largest absolute Gasteiger partial charge is 0.492 e. The summed E-state index contributed by atoms with van der Waals surface area (Å²) >= 11 is 0. The van der Waals surface area contributed by atoms with Gasteiger partial charge in [0.1, 0.15) is 12.4 Å². The monoisotopic (exact) mass is 328 g/mol. The summed E-state index contributed by atoms with van der Waals surface area (Å²) in [6.07, 6.45) is -3.54. The van der Waals surface area contributed by atoms with Gasteiger partial charge in [0.25, 0.3) is 0 Å². The van der Waals surface area contributed by atoms with Gasteiger partial charge in [-0.3, -0.25) is 4.79 Å². The van der Waals surface area contributed by atoms with Gasteiger partial charge in [0.15, 0.2) is 0 Å². The zero-order valence-corrected chi connectivity index (χ0v) is 13.0. The summed E-state index contributed by atoms with van der Waals surface area (Å²) in [5, 5.41) is -0.0486. The van der Waals surface area contributed by atoms with E-state index in [4.69, 9.17) is 4.74 Å². The lowest BCUT2D eigenvalue weighted by atomic mass is 10.1. The van der Waals surface area contributed by atoms with Crippen molar-refractivity contribution in [1.29, 1.82) is 0 Å². The topological polar surface area (TPSA) is 45.3 Å². The van der Waals surface area contributed by atoms with E-state index in [9.17, 15) is 18.0 Å². The lowest BCUT2D eigenvalue weighted by Gasteiger charge is -2.16. The number of nitrogens with one attached hydrogen (secondary N) is 1. The van der Waals surface area contributed by atoms with Gasteiger partial charge in [-0.15, -0.1) is 0 Å². The van der Waals surface area contributed by atoms with Crippen molar-refractivity contribution in [2.24, 2.45) is 0 Å². The number of ether oxygens (including phenoxy) is 1. The van der Waals surface area contributed by atoms with E-state index in [1.165, 1.54) is 18.2 Å². The van der Waals surface area contributed by atoms with Crippen LogP contribution in [0.25, 0.3) is 10.9 Å². The summed E-state index contributed by atoms with van der Waals surface area (Å²) in [6.45, 7) is 4.16. The quantitative estimate of drug-likeness (QED) is 0.885. The minimum Gasteiger partial charge on any atom is -0.492 e. The Morgan fingerprint density at radius 3 is 2.61 bits per heavy atom. The molecule has 0 atom stereocenters. The van der Waals surface area contributed by atoms with Gasteiger partial charge in [0.2, 0.25) is 5.56 Å². The van der Waals surface area contributed by atoms with Gasteiger partial charge in [-0.05, 0) is 32.1 Å². The minimum atomic E-state index is -4.57.